The highest BCUT2D eigenvalue weighted by Gasteiger charge is 2.39. The van der Waals surface area contributed by atoms with Crippen molar-refractivity contribution in [2.75, 3.05) is 18.5 Å². The lowest BCUT2D eigenvalue weighted by Gasteiger charge is -2.30. The number of carbonyl (C=O) groups is 8. The van der Waals surface area contributed by atoms with Crippen LogP contribution < -0.4 is 15.4 Å². The van der Waals surface area contributed by atoms with Gasteiger partial charge in [-0.1, -0.05) is 19.6 Å². The number of rotatable bonds is 13. The number of ether oxygens (including phenoxy) is 7. The highest BCUT2D eigenvalue weighted by atomic mass is 28.3. The number of hydrogen-bond donors (Lipinski definition) is 2. The summed E-state index contributed by atoms with van der Waals surface area (Å²) in [7, 11) is -1.69. The molecule has 0 heterocycles. The predicted molar refractivity (Wildman–Crippen MR) is 241 cm³/mol. The number of anilines is 1. The van der Waals surface area contributed by atoms with E-state index in [0.29, 0.717) is 16.6 Å². The monoisotopic (exact) mass is 928 g/mol. The number of esters is 5. The van der Waals surface area contributed by atoms with E-state index in [4.69, 9.17) is 33.2 Å². The first kappa shape index (κ1) is 54.8. The van der Waals surface area contributed by atoms with E-state index in [1.807, 2.05) is 0 Å². The van der Waals surface area contributed by atoms with Crippen molar-refractivity contribution in [3.8, 4) is 5.75 Å². The summed E-state index contributed by atoms with van der Waals surface area (Å²) in [6, 6.07) is 9.43. The van der Waals surface area contributed by atoms with Gasteiger partial charge in [0.05, 0.1) is 24.2 Å². The van der Waals surface area contributed by atoms with Crippen LogP contribution in [-0.4, -0.2) is 109 Å². The Labute approximate surface area is 381 Å². The zero-order valence-corrected chi connectivity index (χ0v) is 41.0. The van der Waals surface area contributed by atoms with Crippen LogP contribution in [0.15, 0.2) is 53.5 Å². The first-order valence-electron chi connectivity index (χ1n) is 20.7. The normalized spacial score (nSPS) is 12.7. The van der Waals surface area contributed by atoms with Gasteiger partial charge in [0.25, 0.3) is 0 Å². The Morgan fingerprint density at radius 1 is 0.646 bits per heavy atom. The van der Waals surface area contributed by atoms with Gasteiger partial charge in [0.2, 0.25) is 5.96 Å². The molecule has 0 aliphatic rings. The second-order valence-electron chi connectivity index (χ2n) is 19.8. The SMILES string of the molecule is CC(C)(C)OC(=O)CC(C(=O)OCC[Si](C)(C)C)N(CC(=O)OC(C)(C)C)C(=O)OC(=O)c1ccc(OC(=O)c2ccc(NC(=NC(=O)OC(C)(C)C)NC(=O)OC(C)(C)C)cc2)cc1. The second kappa shape index (κ2) is 22.5. The van der Waals surface area contributed by atoms with E-state index in [0.717, 1.165) is 0 Å². The summed E-state index contributed by atoms with van der Waals surface area (Å²) in [5.74, 6) is -5.19. The molecule has 19 nitrogen and oxygen atoms in total. The average Bonchev–Trinajstić information content (AvgIpc) is 3.09. The lowest BCUT2D eigenvalue weighted by molar-refractivity contribution is -0.165. The van der Waals surface area contributed by atoms with E-state index in [-0.39, 0.29) is 29.4 Å². The maximum atomic E-state index is 13.7. The molecule has 0 aliphatic heterocycles. The predicted octanol–water partition coefficient (Wildman–Crippen LogP) is 8.04. The van der Waals surface area contributed by atoms with E-state index in [1.165, 1.54) is 48.5 Å². The summed E-state index contributed by atoms with van der Waals surface area (Å²) < 4.78 is 37.3. The zero-order valence-electron chi connectivity index (χ0n) is 40.0. The average molecular weight is 929 g/mol. The molecule has 0 saturated carbocycles. The van der Waals surface area contributed by atoms with Crippen molar-refractivity contribution < 1.29 is 71.5 Å². The third kappa shape index (κ3) is 22.7. The summed E-state index contributed by atoms with van der Waals surface area (Å²) in [6.45, 7) is 24.8. The number of nitrogens with zero attached hydrogens (tertiary/aromatic N) is 2. The van der Waals surface area contributed by atoms with Crippen LogP contribution in [0.1, 0.15) is 110 Å². The lowest BCUT2D eigenvalue weighted by Crippen LogP contribution is -2.51. The summed E-state index contributed by atoms with van der Waals surface area (Å²) in [5.41, 5.74) is -3.48. The number of carbonyl (C=O) groups excluding carboxylic acids is 8. The number of nitrogens with one attached hydrogen (secondary N) is 2. The third-order valence-corrected chi connectivity index (χ3v) is 9.26. The van der Waals surface area contributed by atoms with Gasteiger partial charge in [0.15, 0.2) is 0 Å². The Balaban J connectivity index is 2.29. The molecule has 0 spiro atoms. The Bertz CT molecular complexity index is 2070. The number of aliphatic imine (C=N–C) groups is 1. The highest BCUT2D eigenvalue weighted by molar-refractivity contribution is 6.76. The largest absolute Gasteiger partial charge is 0.464 e. The van der Waals surface area contributed by atoms with Gasteiger partial charge in [-0.25, -0.2) is 28.8 Å². The van der Waals surface area contributed by atoms with Crippen LogP contribution >= 0.6 is 0 Å². The van der Waals surface area contributed by atoms with Crippen LogP contribution in [0.5, 0.6) is 5.75 Å². The molecular weight excluding hydrogens is 865 g/mol. The molecule has 1 unspecified atom stereocenters. The van der Waals surface area contributed by atoms with Gasteiger partial charge in [-0.15, -0.1) is 4.99 Å². The first-order chi connectivity index (χ1) is 29.6. The Morgan fingerprint density at radius 3 is 1.65 bits per heavy atom. The van der Waals surface area contributed by atoms with Crippen molar-refractivity contribution in [3.63, 3.8) is 0 Å². The van der Waals surface area contributed by atoms with E-state index in [2.05, 4.69) is 35.3 Å². The molecule has 2 rings (SSSR count). The fourth-order valence-electron chi connectivity index (χ4n) is 4.94. The fraction of sp³-hybridized carbons (Fsp3) is 0.533. The van der Waals surface area contributed by atoms with Gasteiger partial charge in [-0.3, -0.25) is 19.8 Å². The molecule has 0 fully saturated rings. The molecule has 1 atom stereocenters. The molecule has 0 saturated heterocycles. The van der Waals surface area contributed by atoms with Crippen LogP contribution in [-0.2, 0) is 42.8 Å². The van der Waals surface area contributed by atoms with E-state index < -0.39 is 97.6 Å². The van der Waals surface area contributed by atoms with Gasteiger partial charge < -0.3 is 38.5 Å². The van der Waals surface area contributed by atoms with Crippen LogP contribution in [0.4, 0.5) is 20.1 Å². The topological polar surface area (TPSA) is 241 Å². The van der Waals surface area contributed by atoms with Gasteiger partial charge >= 0.3 is 48.1 Å². The molecule has 358 valence electrons. The van der Waals surface area contributed by atoms with Gasteiger partial charge in [-0.2, -0.15) is 0 Å². The molecular formula is C45H64N4O15Si. The first-order valence-corrected chi connectivity index (χ1v) is 24.4. The molecule has 0 aromatic heterocycles. The third-order valence-electron chi connectivity index (χ3n) is 7.56. The fourth-order valence-corrected chi connectivity index (χ4v) is 5.66. The molecule has 2 N–H and O–H groups in total. The minimum Gasteiger partial charge on any atom is -0.464 e. The Kier molecular flexibility index (Phi) is 19.0. The number of benzene rings is 2. The number of guanidine groups is 1. The highest BCUT2D eigenvalue weighted by Crippen LogP contribution is 2.21. The standard InChI is InChI=1S/C45H64N4O15Si/c1-42(2,3)61-33(50)26-32(37(54)58-24-25-65(13,14)15)49(27-34(51)62-43(4,5)6)41(57)60-36(53)29-18-22-31(23-19-29)59-35(52)28-16-20-30(21-17-28)46-38(47-39(55)63-44(7,8)9)48-40(56)64-45(10,11)12/h16-23,32H,24-27H2,1-15H3,(H2,46,47,48,55,56). The molecule has 3 amide bonds. The van der Waals surface area contributed by atoms with Crippen molar-refractivity contribution in [1.82, 2.24) is 10.2 Å². The van der Waals surface area contributed by atoms with E-state index in [9.17, 15) is 38.4 Å². The molecule has 2 aromatic rings. The Morgan fingerprint density at radius 2 is 1.14 bits per heavy atom. The van der Waals surface area contributed by atoms with Crippen molar-refractivity contribution in [2.24, 2.45) is 4.99 Å². The van der Waals surface area contributed by atoms with Crippen molar-refractivity contribution >= 4 is 67.8 Å². The van der Waals surface area contributed by atoms with Crippen LogP contribution in [0.2, 0.25) is 25.7 Å². The summed E-state index contributed by atoms with van der Waals surface area (Å²) in [5, 5.41) is 5.14. The zero-order chi connectivity index (χ0) is 49.7. The van der Waals surface area contributed by atoms with Crippen molar-refractivity contribution in [1.29, 1.82) is 0 Å². The number of amides is 3. The second-order valence-corrected chi connectivity index (χ2v) is 25.5. The molecule has 0 radical (unpaired) electrons. The quantitative estimate of drug-likeness (QED) is 0.0367. The summed E-state index contributed by atoms with van der Waals surface area (Å²) in [6.07, 6.45) is -4.07. The molecule has 65 heavy (non-hydrogen) atoms. The van der Waals surface area contributed by atoms with Crippen molar-refractivity contribution in [2.45, 2.75) is 144 Å². The summed E-state index contributed by atoms with van der Waals surface area (Å²) >= 11 is 0. The van der Waals surface area contributed by atoms with E-state index >= 15 is 0 Å². The molecule has 20 heteroatoms. The maximum absolute atomic E-state index is 13.7. The van der Waals surface area contributed by atoms with Gasteiger partial charge in [-0.05, 0) is 138 Å². The number of alkyl carbamates (subject to hydrolysis) is 1. The smallest absolute Gasteiger partial charge is 0.437 e. The molecule has 0 bridgehead atoms. The lowest BCUT2D eigenvalue weighted by atomic mass is 10.1. The van der Waals surface area contributed by atoms with Crippen LogP contribution in [0, 0.1) is 0 Å². The van der Waals surface area contributed by atoms with Crippen LogP contribution in [0.3, 0.4) is 0 Å². The maximum Gasteiger partial charge on any atom is 0.437 e. The van der Waals surface area contributed by atoms with Crippen LogP contribution in [0.25, 0.3) is 0 Å². The molecule has 2 aromatic carbocycles. The van der Waals surface area contributed by atoms with Gasteiger partial charge in [0.1, 0.15) is 40.7 Å². The molecule has 0 aliphatic carbocycles. The van der Waals surface area contributed by atoms with Gasteiger partial charge in [0, 0.05) is 13.8 Å². The van der Waals surface area contributed by atoms with E-state index in [1.54, 1.807) is 83.1 Å². The number of hydrogen-bond acceptors (Lipinski definition) is 15. The summed E-state index contributed by atoms with van der Waals surface area (Å²) in [4.78, 5) is 109. The Hall–Kier alpha value is -6.31. The minimum absolute atomic E-state index is 0.00143. The minimum atomic E-state index is -1.74. The van der Waals surface area contributed by atoms with Crippen molar-refractivity contribution in [3.05, 3.63) is 59.7 Å².